The Morgan fingerprint density at radius 2 is 1.04 bits per heavy atom. The average Bonchev–Trinajstić information content (AvgIpc) is 2.58. The largest absolute Gasteiger partial charge is 0.478 e. The van der Waals surface area contributed by atoms with Crippen LogP contribution in [0.15, 0.2) is 59.7 Å². The van der Waals surface area contributed by atoms with Gasteiger partial charge < -0.3 is 10.2 Å². The minimum Gasteiger partial charge on any atom is -0.478 e. The van der Waals surface area contributed by atoms with Gasteiger partial charge in [0, 0.05) is 11.1 Å². The molecule has 128 valence electrons. The zero-order chi connectivity index (χ0) is 18.4. The van der Waals surface area contributed by atoms with E-state index in [0.717, 1.165) is 28.7 Å². The summed E-state index contributed by atoms with van der Waals surface area (Å²) in [6.07, 6.45) is 4.03. The fraction of sp³-hybridized carbons (Fsp3) is 0.143. The Labute approximate surface area is 146 Å². The van der Waals surface area contributed by atoms with E-state index < -0.39 is 11.9 Å². The second kappa shape index (κ2) is 8.11. The first-order valence-corrected chi connectivity index (χ1v) is 7.86. The first-order valence-electron chi connectivity index (χ1n) is 7.86. The van der Waals surface area contributed by atoms with E-state index in [2.05, 4.69) is 0 Å². The number of aliphatic carboxylic acids is 2. The number of carboxylic acid groups (broad SMARTS) is 2. The molecule has 0 spiro atoms. The van der Waals surface area contributed by atoms with Crippen molar-refractivity contribution in [3.05, 3.63) is 81.9 Å². The summed E-state index contributed by atoms with van der Waals surface area (Å²) in [6.45, 7) is 3.14. The van der Waals surface area contributed by atoms with E-state index in [-0.39, 0.29) is 0 Å². The van der Waals surface area contributed by atoms with Crippen LogP contribution in [-0.2, 0) is 16.0 Å². The van der Waals surface area contributed by atoms with E-state index in [1.165, 1.54) is 0 Å². The van der Waals surface area contributed by atoms with Crippen LogP contribution in [-0.4, -0.2) is 22.2 Å². The van der Waals surface area contributed by atoms with Gasteiger partial charge in [0.15, 0.2) is 0 Å². The number of carbonyl (C=O) groups is 2. The normalized spacial score (nSPS) is 12.1. The molecule has 4 heteroatoms. The lowest BCUT2D eigenvalue weighted by Crippen LogP contribution is -1.96. The minimum atomic E-state index is -0.920. The molecule has 0 aromatic heterocycles. The summed E-state index contributed by atoms with van der Waals surface area (Å²) in [4.78, 5) is 21.7. The fourth-order valence-electron chi connectivity index (χ4n) is 2.32. The van der Waals surface area contributed by atoms with Gasteiger partial charge in [0.2, 0.25) is 0 Å². The van der Waals surface area contributed by atoms with Gasteiger partial charge in [-0.2, -0.15) is 0 Å². The molecule has 0 amide bonds. The van der Waals surface area contributed by atoms with Crippen molar-refractivity contribution < 1.29 is 19.8 Å². The van der Waals surface area contributed by atoms with Crippen LogP contribution in [0, 0.1) is 0 Å². The Kier molecular flexibility index (Phi) is 5.90. The van der Waals surface area contributed by atoms with Crippen LogP contribution in [0.5, 0.6) is 0 Å². The maximum atomic E-state index is 10.8. The summed E-state index contributed by atoms with van der Waals surface area (Å²) in [5.74, 6) is -1.84. The third-order valence-corrected chi connectivity index (χ3v) is 3.81. The summed E-state index contributed by atoms with van der Waals surface area (Å²) >= 11 is 0. The van der Waals surface area contributed by atoms with Crippen LogP contribution in [0.25, 0.3) is 12.2 Å². The maximum absolute atomic E-state index is 10.8. The zero-order valence-electron chi connectivity index (χ0n) is 14.2. The van der Waals surface area contributed by atoms with Gasteiger partial charge in [-0.1, -0.05) is 48.5 Å². The van der Waals surface area contributed by atoms with Crippen molar-refractivity contribution >= 4 is 24.1 Å². The Morgan fingerprint density at radius 3 is 1.32 bits per heavy atom. The zero-order valence-corrected chi connectivity index (χ0v) is 14.2. The van der Waals surface area contributed by atoms with Gasteiger partial charge in [-0.15, -0.1) is 0 Å². The Balaban J connectivity index is 2.07. The third kappa shape index (κ3) is 5.46. The van der Waals surface area contributed by atoms with Crippen LogP contribution < -0.4 is 0 Å². The highest BCUT2D eigenvalue weighted by Gasteiger charge is 2.02. The number of benzene rings is 2. The van der Waals surface area contributed by atoms with Crippen molar-refractivity contribution in [3.8, 4) is 0 Å². The van der Waals surface area contributed by atoms with Crippen LogP contribution in [0.3, 0.4) is 0 Å². The quantitative estimate of drug-likeness (QED) is 0.773. The molecule has 0 radical (unpaired) electrons. The molecule has 0 aliphatic rings. The Bertz CT molecular complexity index is 754. The minimum absolute atomic E-state index is 0.299. The highest BCUT2D eigenvalue weighted by atomic mass is 16.4. The smallest absolute Gasteiger partial charge is 0.331 e. The van der Waals surface area contributed by atoms with Crippen LogP contribution in [0.4, 0.5) is 0 Å². The van der Waals surface area contributed by atoms with Gasteiger partial charge in [-0.05, 0) is 54.7 Å². The van der Waals surface area contributed by atoms with Gasteiger partial charge in [-0.25, -0.2) is 9.59 Å². The molecule has 0 fully saturated rings. The Morgan fingerprint density at radius 1 is 0.720 bits per heavy atom. The van der Waals surface area contributed by atoms with Gasteiger partial charge >= 0.3 is 11.9 Å². The molecule has 2 N–H and O–H groups in total. The van der Waals surface area contributed by atoms with Gasteiger partial charge in [0.1, 0.15) is 0 Å². The summed E-state index contributed by atoms with van der Waals surface area (Å²) in [5.41, 5.74) is 4.55. The molecule has 0 saturated carbocycles. The molecule has 2 aromatic carbocycles. The molecule has 2 aromatic rings. The van der Waals surface area contributed by atoms with Crippen molar-refractivity contribution in [2.75, 3.05) is 0 Å². The molecular weight excluding hydrogens is 316 g/mol. The first-order chi connectivity index (χ1) is 11.8. The molecule has 0 heterocycles. The molecule has 2 rings (SSSR count). The Hall–Kier alpha value is -3.14. The van der Waals surface area contributed by atoms with Crippen molar-refractivity contribution in [2.45, 2.75) is 20.3 Å². The number of rotatable bonds is 6. The van der Waals surface area contributed by atoms with Crippen LogP contribution in [0.2, 0.25) is 0 Å². The predicted octanol–water partition coefficient (Wildman–Crippen LogP) is 4.25. The fourth-order valence-corrected chi connectivity index (χ4v) is 2.32. The number of hydrogen-bond acceptors (Lipinski definition) is 2. The van der Waals surface area contributed by atoms with Gasteiger partial charge in [0.05, 0.1) is 0 Å². The molecular formula is C21H20O4. The molecule has 0 saturated heterocycles. The summed E-state index contributed by atoms with van der Waals surface area (Å²) in [7, 11) is 0. The average molecular weight is 336 g/mol. The second-order valence-corrected chi connectivity index (χ2v) is 5.92. The van der Waals surface area contributed by atoms with Crippen LogP contribution >= 0.6 is 0 Å². The lowest BCUT2D eigenvalue weighted by Gasteiger charge is -2.04. The van der Waals surface area contributed by atoms with Gasteiger partial charge in [0.25, 0.3) is 0 Å². The van der Waals surface area contributed by atoms with E-state index in [0.29, 0.717) is 11.1 Å². The van der Waals surface area contributed by atoms with Crippen LogP contribution in [0.1, 0.15) is 36.1 Å². The van der Waals surface area contributed by atoms with Crippen molar-refractivity contribution in [2.24, 2.45) is 0 Å². The predicted molar refractivity (Wildman–Crippen MR) is 98.3 cm³/mol. The van der Waals surface area contributed by atoms with E-state index in [4.69, 9.17) is 10.2 Å². The molecule has 0 aliphatic carbocycles. The van der Waals surface area contributed by atoms with Crippen molar-refractivity contribution in [3.63, 3.8) is 0 Å². The van der Waals surface area contributed by atoms with E-state index >= 15 is 0 Å². The number of hydrogen-bond donors (Lipinski definition) is 2. The second-order valence-electron chi connectivity index (χ2n) is 5.92. The summed E-state index contributed by atoms with van der Waals surface area (Å²) in [6, 6.07) is 15.5. The first kappa shape index (κ1) is 18.2. The molecule has 25 heavy (non-hydrogen) atoms. The molecule has 0 unspecified atom stereocenters. The summed E-state index contributed by atoms with van der Waals surface area (Å²) < 4.78 is 0. The van der Waals surface area contributed by atoms with E-state index in [1.54, 1.807) is 26.0 Å². The maximum Gasteiger partial charge on any atom is 0.331 e. The standard InChI is InChI=1S/C21H20O4/c1-14(20(22)23)11-16-3-7-18(8-4-16)13-19-9-5-17(6-10-19)12-15(2)21(24)25/h3-12H,13H2,1-2H3,(H,22,23)(H,24,25)/b14-11+,15-12+. The monoisotopic (exact) mass is 336 g/mol. The van der Waals surface area contributed by atoms with Crippen molar-refractivity contribution in [1.82, 2.24) is 0 Å². The van der Waals surface area contributed by atoms with Gasteiger partial charge in [-0.3, -0.25) is 0 Å². The summed E-state index contributed by atoms with van der Waals surface area (Å²) in [5, 5.41) is 17.8. The molecule has 0 aliphatic heterocycles. The third-order valence-electron chi connectivity index (χ3n) is 3.81. The number of carboxylic acids is 2. The van der Waals surface area contributed by atoms with E-state index in [1.807, 2.05) is 48.5 Å². The molecule has 4 nitrogen and oxygen atoms in total. The molecule has 0 atom stereocenters. The van der Waals surface area contributed by atoms with Crippen molar-refractivity contribution in [1.29, 1.82) is 0 Å². The lowest BCUT2D eigenvalue weighted by molar-refractivity contribution is -0.133. The highest BCUT2D eigenvalue weighted by molar-refractivity contribution is 5.91. The highest BCUT2D eigenvalue weighted by Crippen LogP contribution is 2.15. The lowest BCUT2D eigenvalue weighted by atomic mass is 10.0. The molecule has 0 bridgehead atoms. The topological polar surface area (TPSA) is 74.6 Å². The van der Waals surface area contributed by atoms with E-state index in [9.17, 15) is 9.59 Å². The SMILES string of the molecule is C/C(=C\c1ccc(Cc2ccc(/C=C(\C)C(=O)O)cc2)cc1)C(=O)O.